The van der Waals surface area contributed by atoms with Gasteiger partial charge in [-0.2, -0.15) is 0 Å². The number of hydrogen-bond acceptors (Lipinski definition) is 3. The van der Waals surface area contributed by atoms with Crippen LogP contribution in [0.4, 0.5) is 0 Å². The fourth-order valence-electron chi connectivity index (χ4n) is 0.895. The van der Waals surface area contributed by atoms with Crippen molar-refractivity contribution in [3.63, 3.8) is 0 Å². The Hall–Kier alpha value is 0.0969. The van der Waals surface area contributed by atoms with Gasteiger partial charge in [-0.25, -0.2) is 0 Å². The third-order valence-corrected chi connectivity index (χ3v) is 7.71. The van der Waals surface area contributed by atoms with Gasteiger partial charge in [0, 0.05) is 0 Å². The number of ether oxygens (including phenoxy) is 1. The van der Waals surface area contributed by atoms with E-state index in [1.807, 2.05) is 0 Å². The molecule has 84 valence electrons. The topological polar surface area (TPSA) is 42.0 Å². The predicted octanol–water partition coefficient (Wildman–Crippen LogP) is 1.77. The van der Waals surface area contributed by atoms with Gasteiger partial charge in [0.15, 0.2) is 8.32 Å². The van der Waals surface area contributed by atoms with Crippen molar-refractivity contribution >= 4 is 8.32 Å². The van der Waals surface area contributed by atoms with Gasteiger partial charge in [-0.15, -0.1) is 0 Å². The van der Waals surface area contributed by atoms with E-state index >= 15 is 0 Å². The SMILES string of the molecule is CC(C)(C)[Si](C)(C)OC[C@@H](O)[C@H]1CO1. The minimum Gasteiger partial charge on any atom is -0.414 e. The largest absolute Gasteiger partial charge is 0.414 e. The van der Waals surface area contributed by atoms with Gasteiger partial charge in [0.1, 0.15) is 12.2 Å². The molecule has 1 aliphatic heterocycles. The fourth-order valence-corrected chi connectivity index (χ4v) is 1.92. The van der Waals surface area contributed by atoms with E-state index in [0.717, 1.165) is 0 Å². The highest BCUT2D eigenvalue weighted by Crippen LogP contribution is 2.36. The zero-order chi connectivity index (χ0) is 11.0. The number of epoxide rings is 1. The van der Waals surface area contributed by atoms with Crippen molar-refractivity contribution in [2.45, 2.75) is 51.1 Å². The summed E-state index contributed by atoms with van der Waals surface area (Å²) in [5, 5.41) is 9.80. The highest BCUT2D eigenvalue weighted by atomic mass is 28.4. The Morgan fingerprint density at radius 2 is 2.00 bits per heavy atom. The fraction of sp³-hybridized carbons (Fsp3) is 1.00. The van der Waals surface area contributed by atoms with Gasteiger partial charge >= 0.3 is 0 Å². The second-order valence-corrected chi connectivity index (χ2v) is 10.3. The van der Waals surface area contributed by atoms with Crippen molar-refractivity contribution in [3.8, 4) is 0 Å². The van der Waals surface area contributed by atoms with Crippen LogP contribution in [-0.2, 0) is 9.16 Å². The molecule has 0 radical (unpaired) electrons. The molecule has 1 heterocycles. The molecule has 1 aliphatic rings. The molecular weight excluding hydrogens is 196 g/mol. The van der Waals surface area contributed by atoms with Crippen molar-refractivity contribution in [2.24, 2.45) is 0 Å². The van der Waals surface area contributed by atoms with Crippen LogP contribution in [0.25, 0.3) is 0 Å². The van der Waals surface area contributed by atoms with Crippen molar-refractivity contribution in [1.82, 2.24) is 0 Å². The second kappa shape index (κ2) is 3.93. The molecule has 0 aromatic heterocycles. The Balaban J connectivity index is 2.35. The molecule has 0 spiro atoms. The van der Waals surface area contributed by atoms with Crippen LogP contribution in [0.2, 0.25) is 18.1 Å². The van der Waals surface area contributed by atoms with Gasteiger partial charge in [-0.05, 0) is 18.1 Å². The lowest BCUT2D eigenvalue weighted by Crippen LogP contribution is -2.43. The molecule has 3 nitrogen and oxygen atoms in total. The molecule has 1 saturated heterocycles. The zero-order valence-corrected chi connectivity index (χ0v) is 10.8. The molecule has 4 heteroatoms. The summed E-state index contributed by atoms with van der Waals surface area (Å²) < 4.78 is 10.9. The third kappa shape index (κ3) is 3.05. The van der Waals surface area contributed by atoms with Gasteiger partial charge < -0.3 is 14.3 Å². The maximum atomic E-state index is 9.59. The van der Waals surface area contributed by atoms with Crippen LogP contribution in [0.1, 0.15) is 20.8 Å². The first kappa shape index (κ1) is 12.2. The van der Waals surface area contributed by atoms with Crippen LogP contribution >= 0.6 is 0 Å². The van der Waals surface area contributed by atoms with Gasteiger partial charge in [0.05, 0.1) is 13.2 Å². The molecule has 1 N–H and O–H groups in total. The molecule has 0 aromatic carbocycles. The lowest BCUT2D eigenvalue weighted by molar-refractivity contribution is 0.0749. The molecule has 1 rings (SSSR count). The van der Waals surface area contributed by atoms with Crippen LogP contribution < -0.4 is 0 Å². The normalized spacial score (nSPS) is 24.9. The van der Waals surface area contributed by atoms with Crippen LogP contribution in [0, 0.1) is 0 Å². The quantitative estimate of drug-likeness (QED) is 0.577. The second-order valence-electron chi connectivity index (χ2n) is 5.51. The molecule has 0 saturated carbocycles. The van der Waals surface area contributed by atoms with E-state index in [-0.39, 0.29) is 11.1 Å². The van der Waals surface area contributed by atoms with E-state index in [0.29, 0.717) is 13.2 Å². The summed E-state index contributed by atoms with van der Waals surface area (Å²) in [6, 6.07) is 0. The first-order valence-electron chi connectivity index (χ1n) is 5.18. The average molecular weight is 218 g/mol. The van der Waals surface area contributed by atoms with Gasteiger partial charge in [0.2, 0.25) is 0 Å². The smallest absolute Gasteiger partial charge is 0.192 e. The van der Waals surface area contributed by atoms with Crippen molar-refractivity contribution in [1.29, 1.82) is 0 Å². The molecule has 2 atom stereocenters. The summed E-state index contributed by atoms with van der Waals surface area (Å²) >= 11 is 0. The summed E-state index contributed by atoms with van der Waals surface area (Å²) in [7, 11) is -1.70. The summed E-state index contributed by atoms with van der Waals surface area (Å²) in [5.41, 5.74) is 0. The Morgan fingerprint density at radius 3 is 2.36 bits per heavy atom. The molecule has 1 fully saturated rings. The minimum atomic E-state index is -1.70. The van der Waals surface area contributed by atoms with E-state index in [1.165, 1.54) is 0 Å². The maximum Gasteiger partial charge on any atom is 0.192 e. The maximum absolute atomic E-state index is 9.59. The van der Waals surface area contributed by atoms with Gasteiger partial charge in [-0.3, -0.25) is 0 Å². The third-order valence-electron chi connectivity index (χ3n) is 3.21. The van der Waals surface area contributed by atoms with E-state index in [1.54, 1.807) is 0 Å². The van der Waals surface area contributed by atoms with E-state index < -0.39 is 14.4 Å². The molecule has 0 aromatic rings. The van der Waals surface area contributed by atoms with Gasteiger partial charge in [-0.1, -0.05) is 20.8 Å². The summed E-state index contributed by atoms with van der Waals surface area (Å²) in [6.45, 7) is 12.1. The monoisotopic (exact) mass is 218 g/mol. The molecule has 0 unspecified atom stereocenters. The molecule has 0 aliphatic carbocycles. The van der Waals surface area contributed by atoms with Crippen LogP contribution in [-0.4, -0.2) is 38.8 Å². The van der Waals surface area contributed by atoms with Crippen LogP contribution in [0.15, 0.2) is 0 Å². The summed E-state index contributed by atoms with van der Waals surface area (Å²) in [5.74, 6) is 0. The average Bonchev–Trinajstić information content (AvgIpc) is 2.80. The van der Waals surface area contributed by atoms with Crippen molar-refractivity contribution in [2.75, 3.05) is 13.2 Å². The molecular formula is C10H22O3Si. The van der Waals surface area contributed by atoms with E-state index in [2.05, 4.69) is 33.9 Å². The highest BCUT2D eigenvalue weighted by Gasteiger charge is 2.39. The van der Waals surface area contributed by atoms with Crippen molar-refractivity contribution < 1.29 is 14.3 Å². The predicted molar refractivity (Wildman–Crippen MR) is 58.9 cm³/mol. The van der Waals surface area contributed by atoms with Crippen molar-refractivity contribution in [3.05, 3.63) is 0 Å². The lowest BCUT2D eigenvalue weighted by Gasteiger charge is -2.36. The molecule has 0 amide bonds. The Kier molecular flexibility index (Phi) is 3.41. The van der Waals surface area contributed by atoms with E-state index in [4.69, 9.17) is 9.16 Å². The highest BCUT2D eigenvalue weighted by molar-refractivity contribution is 6.74. The number of hydrogen-bond donors (Lipinski definition) is 1. The Bertz CT molecular complexity index is 194. The standard InChI is InChI=1S/C10H22O3Si/c1-10(2,3)14(4,5)13-6-8(11)9-7-12-9/h8-9,11H,6-7H2,1-5H3/t8-,9-/m1/s1. The van der Waals surface area contributed by atoms with Gasteiger partial charge in [0.25, 0.3) is 0 Å². The molecule has 14 heavy (non-hydrogen) atoms. The van der Waals surface area contributed by atoms with Crippen LogP contribution in [0.5, 0.6) is 0 Å². The zero-order valence-electron chi connectivity index (χ0n) is 9.83. The lowest BCUT2D eigenvalue weighted by atomic mass is 10.2. The Labute approximate surface area is 87.5 Å². The summed E-state index contributed by atoms with van der Waals surface area (Å²) in [6.07, 6.45) is -0.413. The van der Waals surface area contributed by atoms with E-state index in [9.17, 15) is 5.11 Å². The number of aliphatic hydroxyl groups excluding tert-OH is 1. The van der Waals surface area contributed by atoms with Crippen LogP contribution in [0.3, 0.4) is 0 Å². The minimum absolute atomic E-state index is 0.0276. The first-order valence-corrected chi connectivity index (χ1v) is 8.08. The number of rotatable bonds is 4. The Morgan fingerprint density at radius 1 is 1.50 bits per heavy atom. The first-order chi connectivity index (χ1) is 6.24. The number of aliphatic hydroxyl groups is 1. The molecule has 0 bridgehead atoms. The summed E-state index contributed by atoms with van der Waals surface area (Å²) in [4.78, 5) is 0.